The van der Waals surface area contributed by atoms with Gasteiger partial charge in [0.1, 0.15) is 4.87 Å². The van der Waals surface area contributed by atoms with Crippen molar-refractivity contribution in [1.82, 2.24) is 0 Å². The fraction of sp³-hybridized carbons (Fsp3) is 0.833. The SMILES string of the molecule is CC(Cl)(C(=O)O)C(C)(Cl)C(Cl)(Cl)Cl. The van der Waals surface area contributed by atoms with Crippen LogP contribution in [0.1, 0.15) is 13.8 Å². The molecular weight excluding hydrogens is 281 g/mol. The van der Waals surface area contributed by atoms with Crippen molar-refractivity contribution in [2.45, 2.75) is 27.4 Å². The zero-order valence-electron chi connectivity index (χ0n) is 6.75. The van der Waals surface area contributed by atoms with E-state index < -0.39 is 19.5 Å². The molecule has 0 amide bonds. The maximum absolute atomic E-state index is 10.7. The number of alkyl halides is 5. The zero-order chi connectivity index (χ0) is 11.1. The topological polar surface area (TPSA) is 37.3 Å². The average Bonchev–Trinajstić information content (AvgIpc) is 1.84. The van der Waals surface area contributed by atoms with Crippen LogP contribution in [-0.4, -0.2) is 24.6 Å². The van der Waals surface area contributed by atoms with Gasteiger partial charge in [-0.25, -0.2) is 0 Å². The Hall–Kier alpha value is 0.920. The smallest absolute Gasteiger partial charge is 0.326 e. The second kappa shape index (κ2) is 3.82. The number of carboxylic acids is 1. The molecule has 2 nitrogen and oxygen atoms in total. The number of rotatable bonds is 2. The molecule has 0 bridgehead atoms. The summed E-state index contributed by atoms with van der Waals surface area (Å²) in [6.07, 6.45) is 0. The van der Waals surface area contributed by atoms with Gasteiger partial charge in [0.05, 0.1) is 0 Å². The van der Waals surface area contributed by atoms with Gasteiger partial charge >= 0.3 is 5.97 Å². The van der Waals surface area contributed by atoms with E-state index in [1.165, 1.54) is 13.8 Å². The molecule has 0 aliphatic rings. The van der Waals surface area contributed by atoms with Gasteiger partial charge in [0, 0.05) is 0 Å². The molecule has 0 saturated carbocycles. The van der Waals surface area contributed by atoms with Crippen molar-refractivity contribution in [1.29, 1.82) is 0 Å². The Balaban J connectivity index is 5.16. The van der Waals surface area contributed by atoms with Crippen LogP contribution in [0.2, 0.25) is 0 Å². The molecule has 1 N–H and O–H groups in total. The summed E-state index contributed by atoms with van der Waals surface area (Å²) in [5.41, 5.74) is 0. The van der Waals surface area contributed by atoms with E-state index in [-0.39, 0.29) is 0 Å². The lowest BCUT2D eigenvalue weighted by Gasteiger charge is -2.38. The molecular formula is C6H7Cl5O2. The van der Waals surface area contributed by atoms with Crippen molar-refractivity contribution in [3.63, 3.8) is 0 Å². The predicted molar refractivity (Wildman–Crippen MR) is 56.4 cm³/mol. The Bertz CT molecular complexity index is 218. The van der Waals surface area contributed by atoms with Crippen LogP contribution < -0.4 is 0 Å². The number of carboxylic acid groups (broad SMARTS) is 1. The third kappa shape index (κ3) is 2.48. The third-order valence-corrected chi connectivity index (χ3v) is 4.54. The molecule has 2 unspecified atom stereocenters. The summed E-state index contributed by atoms with van der Waals surface area (Å²) < 4.78 is -1.97. The molecule has 78 valence electrons. The van der Waals surface area contributed by atoms with Crippen LogP contribution >= 0.6 is 58.0 Å². The molecule has 0 aromatic rings. The molecule has 0 fully saturated rings. The van der Waals surface area contributed by atoms with Gasteiger partial charge in [-0.05, 0) is 13.8 Å². The standard InChI is InChI=1S/C6H7Cl5O2/c1-4(7,3(12)13)5(2,8)6(9,10)11/h1-2H3,(H,12,13). The Kier molecular flexibility index (Phi) is 4.09. The lowest BCUT2D eigenvalue weighted by molar-refractivity contribution is -0.140. The van der Waals surface area contributed by atoms with Crippen molar-refractivity contribution in [3.05, 3.63) is 0 Å². The monoisotopic (exact) mass is 286 g/mol. The largest absolute Gasteiger partial charge is 0.480 e. The van der Waals surface area contributed by atoms with Crippen molar-refractivity contribution in [3.8, 4) is 0 Å². The number of carbonyl (C=O) groups is 1. The maximum Gasteiger partial charge on any atom is 0.326 e. The first-order valence-corrected chi connectivity index (χ1v) is 5.01. The molecule has 13 heavy (non-hydrogen) atoms. The quantitative estimate of drug-likeness (QED) is 0.790. The molecule has 0 aromatic carbocycles. The van der Waals surface area contributed by atoms with E-state index in [4.69, 9.17) is 63.1 Å². The fourth-order valence-corrected chi connectivity index (χ4v) is 1.40. The van der Waals surface area contributed by atoms with Crippen LogP contribution in [0.5, 0.6) is 0 Å². The molecule has 0 radical (unpaired) electrons. The first kappa shape index (κ1) is 13.9. The van der Waals surface area contributed by atoms with Gasteiger partial charge in [-0.2, -0.15) is 0 Å². The van der Waals surface area contributed by atoms with Gasteiger partial charge in [0.15, 0.2) is 4.87 Å². The minimum atomic E-state index is -1.97. The van der Waals surface area contributed by atoms with Crippen molar-refractivity contribution >= 4 is 64.0 Å². The number of aliphatic carboxylic acids is 1. The van der Waals surface area contributed by atoms with Gasteiger partial charge in [-0.15, -0.1) is 23.2 Å². The van der Waals surface area contributed by atoms with E-state index in [0.717, 1.165) is 0 Å². The van der Waals surface area contributed by atoms with Crippen molar-refractivity contribution in [2.24, 2.45) is 0 Å². The summed E-state index contributed by atoms with van der Waals surface area (Å²) >= 11 is 28.0. The van der Waals surface area contributed by atoms with Crippen LogP contribution in [-0.2, 0) is 4.79 Å². The minimum absolute atomic E-state index is 1.17. The molecule has 7 heteroatoms. The number of hydrogen-bond donors (Lipinski definition) is 1. The van der Waals surface area contributed by atoms with E-state index >= 15 is 0 Å². The summed E-state index contributed by atoms with van der Waals surface area (Å²) in [4.78, 5) is 7.15. The molecule has 0 heterocycles. The van der Waals surface area contributed by atoms with Gasteiger partial charge in [0.2, 0.25) is 3.79 Å². The highest BCUT2D eigenvalue weighted by Gasteiger charge is 2.59. The van der Waals surface area contributed by atoms with Crippen LogP contribution in [0.15, 0.2) is 0 Å². The predicted octanol–water partition coefficient (Wildman–Crippen LogP) is 3.44. The van der Waals surface area contributed by atoms with E-state index in [2.05, 4.69) is 0 Å². The minimum Gasteiger partial charge on any atom is -0.480 e. The Morgan fingerprint density at radius 3 is 1.46 bits per heavy atom. The van der Waals surface area contributed by atoms with E-state index in [1.54, 1.807) is 0 Å². The first-order chi connectivity index (χ1) is 5.44. The molecule has 0 aromatic heterocycles. The lowest BCUT2D eigenvalue weighted by Crippen LogP contribution is -2.55. The second-order valence-electron chi connectivity index (χ2n) is 2.81. The third-order valence-electron chi connectivity index (χ3n) is 1.82. The summed E-state index contributed by atoms with van der Waals surface area (Å²) in [5.74, 6) is -1.35. The van der Waals surface area contributed by atoms with Crippen molar-refractivity contribution in [2.75, 3.05) is 0 Å². The van der Waals surface area contributed by atoms with Crippen LogP contribution in [0, 0.1) is 0 Å². The Morgan fingerprint density at radius 1 is 1.08 bits per heavy atom. The maximum atomic E-state index is 10.7. The molecule has 2 atom stereocenters. The summed E-state index contributed by atoms with van der Waals surface area (Å²) in [6.45, 7) is 2.43. The number of hydrogen-bond acceptors (Lipinski definition) is 1. The lowest BCUT2D eigenvalue weighted by atomic mass is 9.95. The molecule has 0 spiro atoms. The highest BCUT2D eigenvalue weighted by Crippen LogP contribution is 2.51. The normalized spacial score (nSPS) is 21.8. The number of halogens is 5. The Labute approximate surface area is 101 Å². The zero-order valence-corrected chi connectivity index (χ0v) is 10.5. The van der Waals surface area contributed by atoms with Gasteiger partial charge in [-0.1, -0.05) is 34.8 Å². The van der Waals surface area contributed by atoms with E-state index in [1.807, 2.05) is 0 Å². The van der Waals surface area contributed by atoms with Crippen LogP contribution in [0.25, 0.3) is 0 Å². The van der Waals surface area contributed by atoms with Gasteiger partial charge < -0.3 is 5.11 Å². The summed E-state index contributed by atoms with van der Waals surface area (Å²) in [5, 5.41) is 8.75. The van der Waals surface area contributed by atoms with Crippen LogP contribution in [0.3, 0.4) is 0 Å². The van der Waals surface area contributed by atoms with Crippen LogP contribution in [0.4, 0.5) is 0 Å². The van der Waals surface area contributed by atoms with E-state index in [0.29, 0.717) is 0 Å². The highest BCUT2D eigenvalue weighted by atomic mass is 35.6. The molecule has 0 saturated heterocycles. The van der Waals surface area contributed by atoms with E-state index in [9.17, 15) is 4.79 Å². The second-order valence-corrected chi connectivity index (χ2v) is 6.60. The highest BCUT2D eigenvalue weighted by molar-refractivity contribution is 6.72. The molecule has 0 rings (SSSR count). The fourth-order valence-electron chi connectivity index (χ4n) is 0.467. The Morgan fingerprint density at radius 2 is 1.38 bits per heavy atom. The summed E-state index contributed by atoms with van der Waals surface area (Å²) in [7, 11) is 0. The average molecular weight is 288 g/mol. The molecule has 0 aliphatic heterocycles. The van der Waals surface area contributed by atoms with Gasteiger partial charge in [-0.3, -0.25) is 4.79 Å². The molecule has 0 aliphatic carbocycles. The first-order valence-electron chi connectivity index (χ1n) is 3.12. The van der Waals surface area contributed by atoms with Gasteiger partial charge in [0.25, 0.3) is 0 Å². The summed E-state index contributed by atoms with van der Waals surface area (Å²) in [6, 6.07) is 0. The van der Waals surface area contributed by atoms with Crippen molar-refractivity contribution < 1.29 is 9.90 Å².